The van der Waals surface area contributed by atoms with Gasteiger partial charge in [0.1, 0.15) is 11.6 Å². The Morgan fingerprint density at radius 2 is 1.76 bits per heavy atom. The normalized spacial score (nSPS) is 12.0. The fourth-order valence-corrected chi connectivity index (χ4v) is 4.05. The van der Waals surface area contributed by atoms with Crippen LogP contribution in [0.3, 0.4) is 0 Å². The zero-order chi connectivity index (χ0) is 23.4. The van der Waals surface area contributed by atoms with E-state index in [0.717, 1.165) is 44.4 Å². The summed E-state index contributed by atoms with van der Waals surface area (Å²) in [7, 11) is 0. The van der Waals surface area contributed by atoms with E-state index in [1.54, 1.807) is 24.3 Å². The zero-order valence-electron chi connectivity index (χ0n) is 18.5. The number of carbonyl (C=O) groups is 1. The lowest BCUT2D eigenvalue weighted by Crippen LogP contribution is -2.36. The second kappa shape index (κ2) is 9.97. The molecular weight excluding hydrogens is 438 g/mol. The lowest BCUT2D eigenvalue weighted by Gasteiger charge is -2.17. The number of ether oxygens (including phenoxy) is 1. The van der Waals surface area contributed by atoms with Gasteiger partial charge in [0.05, 0.1) is 11.0 Å². The molecule has 0 fully saturated rings. The second-order valence-electron chi connectivity index (χ2n) is 7.64. The van der Waals surface area contributed by atoms with Gasteiger partial charge in [0, 0.05) is 18.7 Å². The van der Waals surface area contributed by atoms with Crippen LogP contribution in [0.15, 0.2) is 72.8 Å². The van der Waals surface area contributed by atoms with E-state index in [2.05, 4.69) is 11.5 Å². The molecule has 1 aromatic heterocycles. The quantitative estimate of drug-likeness (QED) is 0.387. The van der Waals surface area contributed by atoms with E-state index in [1.807, 2.05) is 55.5 Å². The van der Waals surface area contributed by atoms with Crippen LogP contribution in [-0.4, -0.2) is 35.3 Å². The van der Waals surface area contributed by atoms with Crippen LogP contribution in [-0.2, 0) is 24.1 Å². The minimum atomic E-state index is -2.49. The van der Waals surface area contributed by atoms with Gasteiger partial charge in [-0.1, -0.05) is 48.9 Å². The summed E-state index contributed by atoms with van der Waals surface area (Å²) in [5, 5.41) is 0. The highest BCUT2D eigenvalue weighted by Crippen LogP contribution is 2.22. The molecule has 0 saturated carbocycles. The van der Waals surface area contributed by atoms with Crippen LogP contribution in [0.4, 0.5) is 4.79 Å². The maximum absolute atomic E-state index is 12.4. The van der Waals surface area contributed by atoms with Gasteiger partial charge in [0.2, 0.25) is 0 Å². The molecule has 0 aliphatic carbocycles. The van der Waals surface area contributed by atoms with Crippen molar-refractivity contribution in [1.29, 1.82) is 0 Å². The third-order valence-electron chi connectivity index (χ3n) is 5.36. The standard InChI is InChI=1S/C25H25N3O4S/c1-3-24-26-22-6-4-5-7-23(22)28(24)20-12-10-19(11-13-20)16-17-27(33(30)31)25(29)32-21-14-8-18(2)9-15-21/h4-15H,3,16-17H2,1-2H3,(H,30,31). The predicted molar refractivity (Wildman–Crippen MR) is 129 cm³/mol. The van der Waals surface area contributed by atoms with Crippen molar-refractivity contribution in [2.24, 2.45) is 0 Å². The van der Waals surface area contributed by atoms with E-state index in [1.165, 1.54) is 0 Å². The molecule has 0 aliphatic heterocycles. The molecule has 7 nitrogen and oxygen atoms in total. The van der Waals surface area contributed by atoms with Crippen LogP contribution in [0.5, 0.6) is 5.75 Å². The van der Waals surface area contributed by atoms with Gasteiger partial charge in [-0.15, -0.1) is 0 Å². The molecule has 33 heavy (non-hydrogen) atoms. The van der Waals surface area contributed by atoms with Crippen molar-refractivity contribution in [2.75, 3.05) is 6.54 Å². The molecule has 1 atom stereocenters. The average molecular weight is 464 g/mol. The molecule has 170 valence electrons. The third kappa shape index (κ3) is 5.13. The number of fused-ring (bicyclic) bond motifs is 1. The molecule has 4 aromatic rings. The van der Waals surface area contributed by atoms with E-state index in [4.69, 9.17) is 9.72 Å². The first-order valence-electron chi connectivity index (χ1n) is 10.7. The molecule has 0 bridgehead atoms. The summed E-state index contributed by atoms with van der Waals surface area (Å²) in [5.41, 5.74) is 4.94. The van der Waals surface area contributed by atoms with Gasteiger partial charge in [-0.25, -0.2) is 18.3 Å². The van der Waals surface area contributed by atoms with Crippen molar-refractivity contribution < 1.29 is 18.3 Å². The van der Waals surface area contributed by atoms with Gasteiger partial charge in [-0.2, -0.15) is 0 Å². The molecule has 0 saturated heterocycles. The van der Waals surface area contributed by atoms with Crippen molar-refractivity contribution in [3.8, 4) is 11.4 Å². The number of aryl methyl sites for hydroxylation is 2. The lowest BCUT2D eigenvalue weighted by molar-refractivity contribution is 0.178. The lowest BCUT2D eigenvalue weighted by atomic mass is 10.1. The highest BCUT2D eigenvalue weighted by atomic mass is 32.2. The van der Waals surface area contributed by atoms with Gasteiger partial charge < -0.3 is 4.74 Å². The number of hydrogen-bond acceptors (Lipinski definition) is 4. The molecule has 1 amide bonds. The number of rotatable bonds is 7. The maximum atomic E-state index is 12.4. The van der Waals surface area contributed by atoms with E-state index in [-0.39, 0.29) is 6.54 Å². The molecular formula is C25H25N3O4S. The molecule has 0 aliphatic rings. The molecule has 1 heterocycles. The summed E-state index contributed by atoms with van der Waals surface area (Å²) in [6.07, 6.45) is 0.339. The van der Waals surface area contributed by atoms with E-state index in [0.29, 0.717) is 12.2 Å². The zero-order valence-corrected chi connectivity index (χ0v) is 19.3. The van der Waals surface area contributed by atoms with Crippen molar-refractivity contribution in [1.82, 2.24) is 13.9 Å². The second-order valence-corrected chi connectivity index (χ2v) is 8.54. The Morgan fingerprint density at radius 3 is 2.42 bits per heavy atom. The number of hydrogen-bond donors (Lipinski definition) is 1. The molecule has 1 N–H and O–H groups in total. The molecule has 0 spiro atoms. The Balaban J connectivity index is 1.47. The number of benzene rings is 3. The number of imidazole rings is 1. The maximum Gasteiger partial charge on any atom is 0.428 e. The molecule has 8 heteroatoms. The van der Waals surface area contributed by atoms with Gasteiger partial charge in [0.25, 0.3) is 11.3 Å². The number of carbonyl (C=O) groups excluding carboxylic acids is 1. The fraction of sp³-hybridized carbons (Fsp3) is 0.200. The van der Waals surface area contributed by atoms with E-state index in [9.17, 15) is 13.6 Å². The SMILES string of the molecule is CCc1nc2ccccc2n1-c1ccc(CCN(C(=O)Oc2ccc(C)cc2)S(=O)O)cc1. The van der Waals surface area contributed by atoms with Crippen LogP contribution in [0.2, 0.25) is 0 Å². The van der Waals surface area contributed by atoms with Crippen molar-refractivity contribution in [3.63, 3.8) is 0 Å². The minimum absolute atomic E-state index is 0.0430. The van der Waals surface area contributed by atoms with Crippen LogP contribution in [0.1, 0.15) is 23.9 Å². The van der Waals surface area contributed by atoms with Crippen LogP contribution in [0.25, 0.3) is 16.7 Å². The van der Waals surface area contributed by atoms with Crippen LogP contribution < -0.4 is 4.74 Å². The van der Waals surface area contributed by atoms with Crippen molar-refractivity contribution in [2.45, 2.75) is 26.7 Å². The van der Waals surface area contributed by atoms with Crippen molar-refractivity contribution >= 4 is 28.4 Å². The minimum Gasteiger partial charge on any atom is -0.410 e. The molecule has 0 radical (unpaired) electrons. The number of para-hydroxylation sites is 2. The van der Waals surface area contributed by atoms with Crippen LogP contribution in [0, 0.1) is 6.92 Å². The summed E-state index contributed by atoms with van der Waals surface area (Å²) >= 11 is -2.49. The smallest absolute Gasteiger partial charge is 0.410 e. The Hall–Kier alpha value is -3.49. The monoisotopic (exact) mass is 463 g/mol. The Labute approximate surface area is 195 Å². The summed E-state index contributed by atoms with van der Waals surface area (Å²) in [6.45, 7) is 4.04. The molecule has 4 rings (SSSR count). The largest absolute Gasteiger partial charge is 0.428 e. The van der Waals surface area contributed by atoms with Gasteiger partial charge in [-0.3, -0.25) is 9.12 Å². The first kappa shape index (κ1) is 22.7. The summed E-state index contributed by atoms with van der Waals surface area (Å²) in [6, 6.07) is 22.8. The summed E-state index contributed by atoms with van der Waals surface area (Å²) in [5.74, 6) is 1.30. The highest BCUT2D eigenvalue weighted by Gasteiger charge is 2.21. The molecule has 3 aromatic carbocycles. The third-order valence-corrected chi connectivity index (χ3v) is 6.07. The fourth-order valence-electron chi connectivity index (χ4n) is 3.63. The van der Waals surface area contributed by atoms with Gasteiger partial charge in [0.15, 0.2) is 0 Å². The van der Waals surface area contributed by atoms with Gasteiger partial charge >= 0.3 is 6.09 Å². The summed E-state index contributed by atoms with van der Waals surface area (Å²) in [4.78, 5) is 17.1. The number of amides is 1. The first-order valence-corrected chi connectivity index (χ1v) is 11.7. The highest BCUT2D eigenvalue weighted by molar-refractivity contribution is 7.77. The summed E-state index contributed by atoms with van der Waals surface area (Å²) < 4.78 is 29.5. The van der Waals surface area contributed by atoms with E-state index >= 15 is 0 Å². The number of nitrogens with zero attached hydrogens (tertiary/aromatic N) is 3. The Morgan fingerprint density at radius 1 is 1.06 bits per heavy atom. The van der Waals surface area contributed by atoms with Crippen molar-refractivity contribution in [3.05, 3.63) is 89.7 Å². The molecule has 1 unspecified atom stereocenters. The Kier molecular flexibility index (Phi) is 6.86. The number of aromatic nitrogens is 2. The van der Waals surface area contributed by atoms with Crippen LogP contribution >= 0.6 is 0 Å². The predicted octanol–water partition coefficient (Wildman–Crippen LogP) is 5.08. The first-order chi connectivity index (χ1) is 16.0. The average Bonchev–Trinajstić information content (AvgIpc) is 3.19. The Bertz CT molecular complexity index is 1280. The topological polar surface area (TPSA) is 84.7 Å². The van der Waals surface area contributed by atoms with E-state index < -0.39 is 17.4 Å². The van der Waals surface area contributed by atoms with Gasteiger partial charge in [-0.05, 0) is 55.3 Å².